The van der Waals surface area contributed by atoms with Gasteiger partial charge in [-0.15, -0.1) is 11.3 Å². The third kappa shape index (κ3) is 3.17. The largest absolute Gasteiger partial charge is 0.391 e. The number of hydrogen-bond donors (Lipinski definition) is 1. The second-order valence-electron chi connectivity index (χ2n) is 5.36. The molecule has 1 atom stereocenters. The molecule has 0 aromatic carbocycles. The number of nitrogens with zero attached hydrogens (tertiary/aromatic N) is 2. The summed E-state index contributed by atoms with van der Waals surface area (Å²) in [5, 5.41) is 11.2. The molecule has 0 saturated carbocycles. The molecule has 7 heteroatoms. The second kappa shape index (κ2) is 6.75. The van der Waals surface area contributed by atoms with Crippen molar-refractivity contribution in [3.8, 4) is 0 Å². The van der Waals surface area contributed by atoms with Gasteiger partial charge in [0.25, 0.3) is 0 Å². The average molecular weight is 332 g/mol. The SMILES string of the molecule is CCN(CC)C1CCN(S(=O)(=O)c2c(C)csc2CO)C1. The predicted octanol–water partition coefficient (Wildman–Crippen LogP) is 1.65. The van der Waals surface area contributed by atoms with E-state index in [1.54, 1.807) is 16.6 Å². The van der Waals surface area contributed by atoms with E-state index in [-0.39, 0.29) is 6.61 Å². The molecule has 0 spiro atoms. The number of sulfonamides is 1. The molecule has 1 unspecified atom stereocenters. The van der Waals surface area contributed by atoms with Crippen LogP contribution in [0.25, 0.3) is 0 Å². The Balaban J connectivity index is 2.24. The maximum absolute atomic E-state index is 12.8. The van der Waals surface area contributed by atoms with Crippen molar-refractivity contribution in [2.75, 3.05) is 26.2 Å². The van der Waals surface area contributed by atoms with Crippen molar-refractivity contribution >= 4 is 21.4 Å². The van der Waals surface area contributed by atoms with E-state index < -0.39 is 10.0 Å². The molecule has 1 N–H and O–H groups in total. The van der Waals surface area contributed by atoms with E-state index in [9.17, 15) is 13.5 Å². The zero-order valence-corrected chi connectivity index (χ0v) is 14.5. The highest BCUT2D eigenvalue weighted by molar-refractivity contribution is 7.89. The number of aliphatic hydroxyl groups is 1. The number of likely N-dealkylation sites (N-methyl/N-ethyl adjacent to an activating group) is 1. The van der Waals surface area contributed by atoms with Crippen LogP contribution >= 0.6 is 11.3 Å². The molecule has 2 heterocycles. The van der Waals surface area contributed by atoms with Crippen LogP contribution in [0, 0.1) is 6.92 Å². The number of thiophene rings is 1. The van der Waals surface area contributed by atoms with E-state index in [1.807, 2.05) is 0 Å². The minimum atomic E-state index is -3.49. The first kappa shape index (κ1) is 16.9. The van der Waals surface area contributed by atoms with Gasteiger partial charge in [-0.1, -0.05) is 13.8 Å². The Hall–Kier alpha value is -0.470. The van der Waals surface area contributed by atoms with Crippen LogP contribution in [-0.2, 0) is 16.6 Å². The highest BCUT2D eigenvalue weighted by Crippen LogP contribution is 2.31. The van der Waals surface area contributed by atoms with Crippen molar-refractivity contribution in [2.45, 2.75) is 44.7 Å². The number of aliphatic hydroxyl groups excluding tert-OH is 1. The van der Waals surface area contributed by atoms with Gasteiger partial charge in [-0.05, 0) is 37.4 Å². The molecule has 1 aliphatic rings. The lowest BCUT2D eigenvalue weighted by Gasteiger charge is -2.26. The molecular formula is C14H24N2O3S2. The second-order valence-corrected chi connectivity index (χ2v) is 8.19. The first-order valence-electron chi connectivity index (χ1n) is 7.37. The Morgan fingerprint density at radius 1 is 1.43 bits per heavy atom. The quantitative estimate of drug-likeness (QED) is 0.860. The van der Waals surface area contributed by atoms with Crippen molar-refractivity contribution in [3.63, 3.8) is 0 Å². The average Bonchev–Trinajstić information content (AvgIpc) is 3.07. The predicted molar refractivity (Wildman–Crippen MR) is 85.1 cm³/mol. The Labute approximate surface area is 131 Å². The Morgan fingerprint density at radius 3 is 2.67 bits per heavy atom. The lowest BCUT2D eigenvalue weighted by molar-refractivity contribution is 0.224. The van der Waals surface area contributed by atoms with E-state index in [2.05, 4.69) is 18.7 Å². The van der Waals surface area contributed by atoms with Crippen LogP contribution in [-0.4, -0.2) is 55.0 Å². The first-order chi connectivity index (χ1) is 9.95. The molecule has 120 valence electrons. The van der Waals surface area contributed by atoms with Crippen molar-refractivity contribution in [1.82, 2.24) is 9.21 Å². The molecular weight excluding hydrogens is 308 g/mol. The summed E-state index contributed by atoms with van der Waals surface area (Å²) in [7, 11) is -3.49. The summed E-state index contributed by atoms with van der Waals surface area (Å²) in [6.07, 6.45) is 0.874. The number of aryl methyl sites for hydroxylation is 1. The minimum absolute atomic E-state index is 0.222. The lowest BCUT2D eigenvalue weighted by atomic mass is 10.2. The molecule has 1 aromatic rings. The van der Waals surface area contributed by atoms with Gasteiger partial charge in [0.1, 0.15) is 4.90 Å². The van der Waals surface area contributed by atoms with Crippen LogP contribution in [0.3, 0.4) is 0 Å². The Morgan fingerprint density at radius 2 is 2.10 bits per heavy atom. The van der Waals surface area contributed by atoms with Crippen molar-refractivity contribution in [2.24, 2.45) is 0 Å². The maximum atomic E-state index is 12.8. The summed E-state index contributed by atoms with van der Waals surface area (Å²) < 4.78 is 27.3. The molecule has 21 heavy (non-hydrogen) atoms. The van der Waals surface area contributed by atoms with Gasteiger partial charge < -0.3 is 5.11 Å². The first-order valence-corrected chi connectivity index (χ1v) is 9.69. The molecule has 0 radical (unpaired) electrons. The van der Waals surface area contributed by atoms with Crippen LogP contribution in [0.5, 0.6) is 0 Å². The molecule has 0 amide bonds. The van der Waals surface area contributed by atoms with Gasteiger partial charge in [0, 0.05) is 19.1 Å². The van der Waals surface area contributed by atoms with Gasteiger partial charge in [-0.2, -0.15) is 4.31 Å². The summed E-state index contributed by atoms with van der Waals surface area (Å²) in [6, 6.07) is 0.297. The molecule has 5 nitrogen and oxygen atoms in total. The fourth-order valence-corrected chi connectivity index (χ4v) is 6.14. The Kier molecular flexibility index (Phi) is 5.43. The van der Waals surface area contributed by atoms with Gasteiger partial charge in [0.15, 0.2) is 0 Å². The van der Waals surface area contributed by atoms with Gasteiger partial charge in [0.2, 0.25) is 10.0 Å². The fourth-order valence-electron chi connectivity index (χ4n) is 3.04. The smallest absolute Gasteiger partial charge is 0.244 e. The highest BCUT2D eigenvalue weighted by Gasteiger charge is 2.36. The summed E-state index contributed by atoms with van der Waals surface area (Å²) in [6.45, 7) is 8.76. The molecule has 1 aliphatic heterocycles. The fraction of sp³-hybridized carbons (Fsp3) is 0.714. The summed E-state index contributed by atoms with van der Waals surface area (Å²) in [4.78, 5) is 3.16. The molecule has 1 saturated heterocycles. The minimum Gasteiger partial charge on any atom is -0.391 e. The Bertz CT molecular complexity index is 579. The summed E-state index contributed by atoms with van der Waals surface area (Å²) >= 11 is 1.31. The van der Waals surface area contributed by atoms with Gasteiger partial charge in [-0.3, -0.25) is 4.90 Å². The monoisotopic (exact) mass is 332 g/mol. The van der Waals surface area contributed by atoms with E-state index >= 15 is 0 Å². The molecule has 1 aromatic heterocycles. The molecule has 0 bridgehead atoms. The van der Waals surface area contributed by atoms with Gasteiger partial charge in [-0.25, -0.2) is 8.42 Å². The molecule has 1 fully saturated rings. The van der Waals surface area contributed by atoms with Crippen molar-refractivity contribution < 1.29 is 13.5 Å². The topological polar surface area (TPSA) is 60.9 Å². The van der Waals surface area contributed by atoms with E-state index in [1.165, 1.54) is 11.3 Å². The third-order valence-corrected chi connectivity index (χ3v) is 7.50. The molecule has 2 rings (SSSR count). The van der Waals surface area contributed by atoms with Crippen LogP contribution < -0.4 is 0 Å². The third-order valence-electron chi connectivity index (χ3n) is 4.19. The van der Waals surface area contributed by atoms with Crippen LogP contribution in [0.2, 0.25) is 0 Å². The standard InChI is InChI=1S/C14H24N2O3S2/c1-4-15(5-2)12-6-7-16(8-12)21(18,19)14-11(3)10-20-13(14)9-17/h10,12,17H,4-9H2,1-3H3. The van der Waals surface area contributed by atoms with Crippen LogP contribution in [0.1, 0.15) is 30.7 Å². The molecule has 0 aliphatic carbocycles. The lowest BCUT2D eigenvalue weighted by Crippen LogP contribution is -2.38. The zero-order chi connectivity index (χ0) is 15.6. The van der Waals surface area contributed by atoms with Crippen LogP contribution in [0.4, 0.5) is 0 Å². The van der Waals surface area contributed by atoms with E-state index in [0.29, 0.717) is 28.9 Å². The van der Waals surface area contributed by atoms with Gasteiger partial charge in [0.05, 0.1) is 11.5 Å². The van der Waals surface area contributed by atoms with Crippen molar-refractivity contribution in [1.29, 1.82) is 0 Å². The maximum Gasteiger partial charge on any atom is 0.244 e. The van der Waals surface area contributed by atoms with E-state index in [4.69, 9.17) is 0 Å². The summed E-state index contributed by atoms with van der Waals surface area (Å²) in [5.41, 5.74) is 0.732. The number of rotatable bonds is 6. The van der Waals surface area contributed by atoms with Gasteiger partial charge >= 0.3 is 0 Å². The number of hydrogen-bond acceptors (Lipinski definition) is 5. The van der Waals surface area contributed by atoms with Crippen LogP contribution in [0.15, 0.2) is 10.3 Å². The van der Waals surface area contributed by atoms with E-state index in [0.717, 1.165) is 25.1 Å². The van der Waals surface area contributed by atoms with Crippen molar-refractivity contribution in [3.05, 3.63) is 15.8 Å². The zero-order valence-electron chi connectivity index (χ0n) is 12.9. The summed E-state index contributed by atoms with van der Waals surface area (Å²) in [5.74, 6) is 0. The normalized spacial score (nSPS) is 20.5. The highest BCUT2D eigenvalue weighted by atomic mass is 32.2.